The van der Waals surface area contributed by atoms with Gasteiger partial charge in [-0.15, -0.1) is 0 Å². The quantitative estimate of drug-likeness (QED) is 0.419. The maximum absolute atomic E-state index is 12.6. The van der Waals surface area contributed by atoms with Gasteiger partial charge in [-0.3, -0.25) is 14.3 Å². The van der Waals surface area contributed by atoms with Crippen LogP contribution >= 0.6 is 0 Å². The number of carbonyl (C=O) groups is 2. The Morgan fingerprint density at radius 1 is 1.37 bits per heavy atom. The molecule has 1 unspecified atom stereocenters. The third-order valence-electron chi connectivity index (χ3n) is 4.35. The zero-order valence-corrected chi connectivity index (χ0v) is 16.7. The Hall–Kier alpha value is -3.96. The van der Waals surface area contributed by atoms with Crippen LogP contribution in [0.1, 0.15) is 28.9 Å². The van der Waals surface area contributed by atoms with Crippen molar-refractivity contribution < 1.29 is 18.9 Å². The molecule has 3 heterocycles. The molecular weight excluding hydrogens is 394 g/mol. The van der Waals surface area contributed by atoms with Crippen molar-refractivity contribution in [2.45, 2.75) is 26.9 Å². The highest BCUT2D eigenvalue weighted by Gasteiger charge is 2.23. The Kier molecular flexibility index (Phi) is 5.95. The monoisotopic (exact) mass is 415 g/mol. The summed E-state index contributed by atoms with van der Waals surface area (Å²) in [5, 5.41) is 24.2. The zero-order valence-electron chi connectivity index (χ0n) is 16.7. The van der Waals surface area contributed by atoms with Crippen LogP contribution in [0.5, 0.6) is 0 Å². The Morgan fingerprint density at radius 2 is 2.13 bits per heavy atom. The maximum Gasteiger partial charge on any atom is 0.390 e. The first kappa shape index (κ1) is 20.8. The van der Waals surface area contributed by atoms with E-state index in [-0.39, 0.29) is 36.2 Å². The third-order valence-corrected chi connectivity index (χ3v) is 4.35. The van der Waals surface area contributed by atoms with E-state index in [0.29, 0.717) is 11.5 Å². The third kappa shape index (κ3) is 4.71. The molecule has 2 N–H and O–H groups in total. The molecule has 158 valence electrons. The molecule has 0 saturated carbocycles. The summed E-state index contributed by atoms with van der Waals surface area (Å²) in [5.41, 5.74) is 0.894. The van der Waals surface area contributed by atoms with Gasteiger partial charge in [0.15, 0.2) is 5.69 Å². The molecule has 0 fully saturated rings. The highest BCUT2D eigenvalue weighted by atomic mass is 16.6. The normalized spacial score (nSPS) is 11.8. The first-order valence-corrected chi connectivity index (χ1v) is 9.08. The van der Waals surface area contributed by atoms with Crippen LogP contribution in [0.25, 0.3) is 0 Å². The van der Waals surface area contributed by atoms with Crippen LogP contribution in [0, 0.1) is 23.0 Å². The predicted molar refractivity (Wildman–Crippen MR) is 104 cm³/mol. The largest absolute Gasteiger partial charge is 0.467 e. The van der Waals surface area contributed by atoms with E-state index < -0.39 is 16.7 Å². The summed E-state index contributed by atoms with van der Waals surface area (Å²) < 4.78 is 8.00. The van der Waals surface area contributed by atoms with Crippen LogP contribution in [0.15, 0.2) is 35.1 Å². The van der Waals surface area contributed by atoms with E-state index in [1.165, 1.54) is 27.9 Å². The number of hydrogen-bond donors (Lipinski definition) is 2. The first-order valence-electron chi connectivity index (χ1n) is 9.08. The Labute approximate surface area is 171 Å². The fourth-order valence-electron chi connectivity index (χ4n) is 2.78. The molecule has 0 aliphatic rings. The highest BCUT2D eigenvalue weighted by molar-refractivity contribution is 6.02. The van der Waals surface area contributed by atoms with Crippen molar-refractivity contribution in [3.63, 3.8) is 0 Å². The molecule has 3 aromatic rings. The van der Waals surface area contributed by atoms with E-state index in [9.17, 15) is 19.7 Å². The number of aryl methyl sites for hydroxylation is 2. The summed E-state index contributed by atoms with van der Waals surface area (Å²) in [6, 6.07) is 4.78. The Balaban J connectivity index is 1.66. The van der Waals surface area contributed by atoms with E-state index in [1.54, 1.807) is 33.0 Å². The van der Waals surface area contributed by atoms with Crippen molar-refractivity contribution in [1.82, 2.24) is 24.9 Å². The van der Waals surface area contributed by atoms with Crippen molar-refractivity contribution in [3.05, 3.63) is 57.9 Å². The molecule has 0 aliphatic carbocycles. The minimum absolute atomic E-state index is 0.0653. The maximum atomic E-state index is 12.6. The van der Waals surface area contributed by atoms with E-state index in [1.807, 2.05) is 0 Å². The number of amides is 2. The average Bonchev–Trinajstić information content (AvgIpc) is 3.41. The molecule has 0 bridgehead atoms. The minimum Gasteiger partial charge on any atom is -0.467 e. The van der Waals surface area contributed by atoms with E-state index >= 15 is 0 Å². The molecule has 3 rings (SSSR count). The fraction of sp³-hybridized carbons (Fsp3) is 0.333. The molecule has 0 aromatic carbocycles. The van der Waals surface area contributed by atoms with Crippen LogP contribution < -0.4 is 10.6 Å². The molecule has 0 aliphatic heterocycles. The van der Waals surface area contributed by atoms with Gasteiger partial charge in [-0.1, -0.05) is 6.92 Å². The van der Waals surface area contributed by atoms with Gasteiger partial charge >= 0.3 is 5.82 Å². The van der Waals surface area contributed by atoms with Gasteiger partial charge in [0.05, 0.1) is 47.8 Å². The van der Waals surface area contributed by atoms with Crippen molar-refractivity contribution in [3.8, 4) is 0 Å². The van der Waals surface area contributed by atoms with Crippen molar-refractivity contribution >= 4 is 23.3 Å². The van der Waals surface area contributed by atoms with Crippen molar-refractivity contribution in [2.75, 3.05) is 5.32 Å². The number of nitrogens with one attached hydrogen (secondary N) is 2. The van der Waals surface area contributed by atoms with Crippen LogP contribution in [0.3, 0.4) is 0 Å². The van der Waals surface area contributed by atoms with Crippen molar-refractivity contribution in [2.24, 2.45) is 13.0 Å². The number of carbonyl (C=O) groups excluding carboxylic acids is 2. The van der Waals surface area contributed by atoms with Gasteiger partial charge in [0.2, 0.25) is 5.91 Å². The molecule has 30 heavy (non-hydrogen) atoms. The van der Waals surface area contributed by atoms with Gasteiger partial charge in [-0.2, -0.15) is 9.78 Å². The fourth-order valence-corrected chi connectivity index (χ4v) is 2.78. The second-order valence-corrected chi connectivity index (χ2v) is 6.80. The summed E-state index contributed by atoms with van der Waals surface area (Å²) in [6.07, 6.45) is 3.03. The Morgan fingerprint density at radius 3 is 2.77 bits per heavy atom. The van der Waals surface area contributed by atoms with Crippen LogP contribution in [0.4, 0.5) is 11.5 Å². The average molecular weight is 415 g/mol. The molecule has 12 nitrogen and oxygen atoms in total. The first-order chi connectivity index (χ1) is 14.2. The summed E-state index contributed by atoms with van der Waals surface area (Å²) in [4.78, 5) is 35.4. The van der Waals surface area contributed by atoms with Gasteiger partial charge in [0, 0.05) is 13.2 Å². The number of nitrogens with zero attached hydrogens (tertiary/aromatic N) is 5. The lowest BCUT2D eigenvalue weighted by Crippen LogP contribution is -2.28. The summed E-state index contributed by atoms with van der Waals surface area (Å²) in [6.45, 7) is 3.66. The van der Waals surface area contributed by atoms with E-state index in [4.69, 9.17) is 4.42 Å². The van der Waals surface area contributed by atoms with Gasteiger partial charge in [0.25, 0.3) is 5.91 Å². The number of rotatable bonds is 8. The van der Waals surface area contributed by atoms with Crippen LogP contribution in [-0.4, -0.2) is 36.3 Å². The smallest absolute Gasteiger partial charge is 0.390 e. The number of aromatic nitrogens is 4. The summed E-state index contributed by atoms with van der Waals surface area (Å²) >= 11 is 0. The van der Waals surface area contributed by atoms with Gasteiger partial charge in [-0.05, 0) is 24.0 Å². The van der Waals surface area contributed by atoms with Gasteiger partial charge in [-0.25, -0.2) is 0 Å². The molecule has 0 spiro atoms. The lowest BCUT2D eigenvalue weighted by Gasteiger charge is -2.11. The molecule has 0 saturated heterocycles. The second-order valence-electron chi connectivity index (χ2n) is 6.80. The molecule has 12 heteroatoms. The van der Waals surface area contributed by atoms with Crippen LogP contribution in [-0.2, 0) is 24.9 Å². The SMILES string of the molecule is Cc1cc([N+](=O)[O-])nn1CC(C)C(=O)Nc1cn(C)nc1C(=O)NCc1ccco1. The zero-order chi connectivity index (χ0) is 21.8. The number of nitro groups is 1. The predicted octanol–water partition coefficient (Wildman–Crippen LogP) is 1.63. The lowest BCUT2D eigenvalue weighted by atomic mass is 10.1. The Bertz CT molecular complexity index is 1070. The summed E-state index contributed by atoms with van der Waals surface area (Å²) in [7, 11) is 1.63. The number of anilines is 1. The molecule has 3 aromatic heterocycles. The second kappa shape index (κ2) is 8.59. The van der Waals surface area contributed by atoms with Gasteiger partial charge in [0.1, 0.15) is 5.76 Å². The molecule has 2 amide bonds. The topological polar surface area (TPSA) is 150 Å². The summed E-state index contributed by atoms with van der Waals surface area (Å²) in [5.74, 6) is -1.10. The standard InChI is InChI=1S/C18H21N7O5/c1-11(9-24-12(2)7-15(21-24)25(28)29)17(26)20-14-10-23(3)22-16(14)18(27)19-8-13-5-4-6-30-13/h4-7,10-11H,8-9H2,1-3H3,(H,19,27)(H,20,26). The number of furan rings is 1. The van der Waals surface area contributed by atoms with Crippen molar-refractivity contribution in [1.29, 1.82) is 0 Å². The minimum atomic E-state index is -0.586. The number of hydrogen-bond acceptors (Lipinski definition) is 7. The molecule has 0 radical (unpaired) electrons. The van der Waals surface area contributed by atoms with E-state index in [0.717, 1.165) is 0 Å². The van der Waals surface area contributed by atoms with E-state index in [2.05, 4.69) is 20.8 Å². The lowest BCUT2D eigenvalue weighted by molar-refractivity contribution is -0.389. The molecular formula is C18H21N7O5. The van der Waals surface area contributed by atoms with Crippen LogP contribution in [0.2, 0.25) is 0 Å². The molecule has 1 atom stereocenters. The highest BCUT2D eigenvalue weighted by Crippen LogP contribution is 2.17. The van der Waals surface area contributed by atoms with Gasteiger partial charge < -0.3 is 25.2 Å².